The van der Waals surface area contributed by atoms with Crippen molar-refractivity contribution in [2.45, 2.75) is 6.18 Å². The molecule has 0 unspecified atom stereocenters. The van der Waals surface area contributed by atoms with Gasteiger partial charge in [-0.25, -0.2) is 0 Å². The van der Waals surface area contributed by atoms with Gasteiger partial charge in [0.05, 0.1) is 0 Å². The molecular formula is C9H6F3I. The zero-order valence-electron chi connectivity index (χ0n) is 6.48. The van der Waals surface area contributed by atoms with E-state index in [9.17, 15) is 13.2 Å². The van der Waals surface area contributed by atoms with Crippen molar-refractivity contribution < 1.29 is 13.2 Å². The van der Waals surface area contributed by atoms with E-state index < -0.39 is 6.18 Å². The van der Waals surface area contributed by atoms with Crippen LogP contribution in [0, 0.1) is 0 Å². The average molecular weight is 298 g/mol. The van der Waals surface area contributed by atoms with Gasteiger partial charge in [-0.1, -0.05) is 30.3 Å². The Balaban J connectivity index is 2.92. The summed E-state index contributed by atoms with van der Waals surface area (Å²) in [6.07, 6.45) is -3.95. The molecule has 0 saturated heterocycles. The lowest BCUT2D eigenvalue weighted by molar-refractivity contribution is -0.0791. The lowest BCUT2D eigenvalue weighted by atomic mass is 10.2. The van der Waals surface area contributed by atoms with Crippen LogP contribution in [-0.4, -0.2) is 6.18 Å². The number of hydrogen-bond donors (Lipinski definition) is 0. The van der Waals surface area contributed by atoms with Crippen LogP contribution in [0.2, 0.25) is 0 Å². The number of halogens is 4. The van der Waals surface area contributed by atoms with Gasteiger partial charge in [0.2, 0.25) is 0 Å². The van der Waals surface area contributed by atoms with Gasteiger partial charge in [-0.05, 0) is 28.2 Å². The highest BCUT2D eigenvalue weighted by Crippen LogP contribution is 2.28. The number of allylic oxidation sites excluding steroid dienone is 1. The minimum absolute atomic E-state index is 0.200. The van der Waals surface area contributed by atoms with Gasteiger partial charge in [-0.15, -0.1) is 0 Å². The zero-order chi connectivity index (χ0) is 9.90. The first-order valence-electron chi connectivity index (χ1n) is 3.49. The summed E-state index contributed by atoms with van der Waals surface area (Å²) in [4.78, 5) is 0. The largest absolute Gasteiger partial charge is 0.410 e. The van der Waals surface area contributed by atoms with Gasteiger partial charge < -0.3 is 0 Å². The maximum Gasteiger partial charge on any atom is 0.410 e. The molecule has 0 aliphatic heterocycles. The summed E-state index contributed by atoms with van der Waals surface area (Å²) in [5, 5.41) is 0. The summed E-state index contributed by atoms with van der Waals surface area (Å²) in [5.41, 5.74) is 0.584. The predicted octanol–water partition coefficient (Wildman–Crippen LogP) is 4.02. The Kier molecular flexibility index (Phi) is 3.35. The second-order valence-electron chi connectivity index (χ2n) is 2.40. The van der Waals surface area contributed by atoms with Crippen LogP contribution < -0.4 is 0 Å². The third kappa shape index (κ3) is 3.80. The Morgan fingerprint density at radius 2 is 1.69 bits per heavy atom. The minimum atomic E-state index is -4.24. The molecule has 1 rings (SSSR count). The van der Waals surface area contributed by atoms with Crippen molar-refractivity contribution in [2.75, 3.05) is 0 Å². The van der Waals surface area contributed by atoms with E-state index in [0.717, 1.165) is 0 Å². The standard InChI is InChI=1S/C9H6F3I/c10-9(11,12)6-8(13)7-4-2-1-3-5-7/h1-6H/b8-6+. The molecule has 0 bridgehead atoms. The van der Waals surface area contributed by atoms with Crippen LogP contribution in [0.4, 0.5) is 13.2 Å². The maximum atomic E-state index is 11.9. The van der Waals surface area contributed by atoms with Crippen molar-refractivity contribution in [3.05, 3.63) is 42.0 Å². The van der Waals surface area contributed by atoms with Crippen LogP contribution in [0.1, 0.15) is 5.56 Å². The van der Waals surface area contributed by atoms with Crippen LogP contribution in [0.5, 0.6) is 0 Å². The fourth-order valence-corrected chi connectivity index (χ4v) is 1.54. The third-order valence-electron chi connectivity index (χ3n) is 1.34. The third-order valence-corrected chi connectivity index (χ3v) is 2.27. The fraction of sp³-hybridized carbons (Fsp3) is 0.111. The molecule has 0 saturated carbocycles. The highest BCUT2D eigenvalue weighted by Gasteiger charge is 2.24. The lowest BCUT2D eigenvalue weighted by Crippen LogP contribution is -2.01. The zero-order valence-corrected chi connectivity index (χ0v) is 8.63. The SMILES string of the molecule is FC(F)(F)/C=C(/I)c1ccccc1. The summed E-state index contributed by atoms with van der Waals surface area (Å²) in [6.45, 7) is 0. The van der Waals surface area contributed by atoms with Gasteiger partial charge >= 0.3 is 6.18 Å². The second-order valence-corrected chi connectivity index (χ2v) is 3.56. The highest BCUT2D eigenvalue weighted by atomic mass is 127. The van der Waals surface area contributed by atoms with Crippen LogP contribution >= 0.6 is 22.6 Å². The summed E-state index contributed by atoms with van der Waals surface area (Å²) in [5.74, 6) is 0. The molecule has 70 valence electrons. The molecule has 13 heavy (non-hydrogen) atoms. The quantitative estimate of drug-likeness (QED) is 0.687. The molecule has 0 spiro atoms. The average Bonchev–Trinajstić information content (AvgIpc) is 2.03. The van der Waals surface area contributed by atoms with E-state index in [1.165, 1.54) is 0 Å². The molecule has 1 aromatic carbocycles. The summed E-state index contributed by atoms with van der Waals surface area (Å²) >= 11 is 1.67. The van der Waals surface area contributed by atoms with Crippen LogP contribution in [0.25, 0.3) is 3.58 Å². The van der Waals surface area contributed by atoms with Crippen molar-refractivity contribution in [3.63, 3.8) is 0 Å². The lowest BCUT2D eigenvalue weighted by Gasteiger charge is -2.02. The highest BCUT2D eigenvalue weighted by molar-refractivity contribution is 14.1. The molecule has 0 aromatic heterocycles. The number of hydrogen-bond acceptors (Lipinski definition) is 0. The number of alkyl halides is 3. The van der Waals surface area contributed by atoms with E-state index in [0.29, 0.717) is 11.6 Å². The molecule has 1 aromatic rings. The second kappa shape index (κ2) is 4.13. The monoisotopic (exact) mass is 298 g/mol. The Labute approximate surface area is 87.6 Å². The molecule has 0 aliphatic rings. The summed E-state index contributed by atoms with van der Waals surface area (Å²) in [6, 6.07) is 8.46. The predicted molar refractivity (Wildman–Crippen MR) is 54.5 cm³/mol. The van der Waals surface area contributed by atoms with Crippen LogP contribution in [0.3, 0.4) is 0 Å². The van der Waals surface area contributed by atoms with E-state index >= 15 is 0 Å². The van der Waals surface area contributed by atoms with Crippen LogP contribution in [0.15, 0.2) is 36.4 Å². The van der Waals surface area contributed by atoms with Crippen molar-refractivity contribution >= 4 is 26.2 Å². The van der Waals surface area contributed by atoms with E-state index in [-0.39, 0.29) is 3.58 Å². The molecule has 0 nitrogen and oxygen atoms in total. The molecule has 4 heteroatoms. The van der Waals surface area contributed by atoms with Crippen molar-refractivity contribution in [1.82, 2.24) is 0 Å². The molecule has 0 aliphatic carbocycles. The molecular weight excluding hydrogens is 292 g/mol. The maximum absolute atomic E-state index is 11.9. The van der Waals surface area contributed by atoms with Crippen molar-refractivity contribution in [3.8, 4) is 0 Å². The Morgan fingerprint density at radius 3 is 2.15 bits per heavy atom. The Bertz CT molecular complexity index is 300. The molecule has 0 N–H and O–H groups in total. The molecule has 0 amide bonds. The van der Waals surface area contributed by atoms with Crippen molar-refractivity contribution in [1.29, 1.82) is 0 Å². The molecule has 0 fully saturated rings. The first kappa shape index (κ1) is 10.6. The van der Waals surface area contributed by atoms with Gasteiger partial charge in [0.1, 0.15) is 0 Å². The minimum Gasteiger partial charge on any atom is -0.167 e. The van der Waals surface area contributed by atoms with E-state index in [1.54, 1.807) is 52.9 Å². The summed E-state index contributed by atoms with van der Waals surface area (Å²) < 4.78 is 35.9. The fourth-order valence-electron chi connectivity index (χ4n) is 0.824. The number of benzene rings is 1. The van der Waals surface area contributed by atoms with Gasteiger partial charge in [0.15, 0.2) is 0 Å². The van der Waals surface area contributed by atoms with E-state index in [2.05, 4.69) is 0 Å². The van der Waals surface area contributed by atoms with Gasteiger partial charge in [-0.2, -0.15) is 13.2 Å². The van der Waals surface area contributed by atoms with E-state index in [1.807, 2.05) is 0 Å². The van der Waals surface area contributed by atoms with E-state index in [4.69, 9.17) is 0 Å². The number of rotatable bonds is 1. The van der Waals surface area contributed by atoms with Gasteiger partial charge in [0, 0.05) is 9.66 Å². The first-order valence-corrected chi connectivity index (χ1v) is 4.57. The van der Waals surface area contributed by atoms with Gasteiger partial charge in [-0.3, -0.25) is 0 Å². The smallest absolute Gasteiger partial charge is 0.167 e. The molecule has 0 radical (unpaired) electrons. The molecule has 0 heterocycles. The Hall–Kier alpha value is -0.520. The normalized spacial score (nSPS) is 13.1. The first-order chi connectivity index (χ1) is 5.99. The van der Waals surface area contributed by atoms with Crippen LogP contribution in [-0.2, 0) is 0 Å². The Morgan fingerprint density at radius 1 is 1.15 bits per heavy atom. The topological polar surface area (TPSA) is 0 Å². The van der Waals surface area contributed by atoms with Crippen molar-refractivity contribution in [2.24, 2.45) is 0 Å². The summed E-state index contributed by atoms with van der Waals surface area (Å²) in [7, 11) is 0. The molecule has 0 atom stereocenters. The van der Waals surface area contributed by atoms with Gasteiger partial charge in [0.25, 0.3) is 0 Å².